The van der Waals surface area contributed by atoms with Crippen molar-refractivity contribution in [3.63, 3.8) is 0 Å². The highest BCUT2D eigenvalue weighted by atomic mass is 32.2. The first kappa shape index (κ1) is 23.4. The number of ether oxygens (including phenoxy) is 2. The molecule has 3 heterocycles. The largest absolute Gasteiger partial charge is 0.493 e. The summed E-state index contributed by atoms with van der Waals surface area (Å²) in [5.41, 5.74) is 0.997. The van der Waals surface area contributed by atoms with Crippen molar-refractivity contribution < 1.29 is 22.3 Å². The normalized spacial score (nSPS) is 12.6. The molecule has 0 fully saturated rings. The van der Waals surface area contributed by atoms with Gasteiger partial charge in [0.15, 0.2) is 17.1 Å². The summed E-state index contributed by atoms with van der Waals surface area (Å²) in [5.74, 6) is 0.0303. The highest BCUT2D eigenvalue weighted by Gasteiger charge is 2.26. The first-order valence-electron chi connectivity index (χ1n) is 10.4. The predicted octanol–water partition coefficient (Wildman–Crippen LogP) is 2.97. The van der Waals surface area contributed by atoms with Crippen molar-refractivity contribution in [1.82, 2.24) is 19.5 Å². The molecule has 1 N–H and O–H groups in total. The molecule has 4 aromatic rings. The number of imidazole rings is 1. The van der Waals surface area contributed by atoms with Crippen LogP contribution < -0.4 is 15.2 Å². The third kappa shape index (κ3) is 4.65. The molecule has 0 bridgehead atoms. The van der Waals surface area contributed by atoms with E-state index >= 15 is 0 Å². The van der Waals surface area contributed by atoms with Crippen LogP contribution in [0, 0.1) is 5.82 Å². The molecular weight excluding hydrogens is 463 g/mol. The smallest absolute Gasteiger partial charge is 0.328 e. The lowest BCUT2D eigenvalue weighted by Crippen LogP contribution is -2.28. The molecule has 0 radical (unpaired) electrons. The molecule has 178 valence electrons. The number of rotatable bonds is 8. The summed E-state index contributed by atoms with van der Waals surface area (Å²) >= 11 is 0. The lowest BCUT2D eigenvalue weighted by Gasteiger charge is -2.20. The van der Waals surface area contributed by atoms with E-state index in [4.69, 9.17) is 9.47 Å². The monoisotopic (exact) mass is 486 g/mol. The van der Waals surface area contributed by atoms with E-state index in [2.05, 4.69) is 15.0 Å². The minimum absolute atomic E-state index is 0.0923. The molecule has 34 heavy (non-hydrogen) atoms. The van der Waals surface area contributed by atoms with E-state index in [1.165, 1.54) is 36.2 Å². The van der Waals surface area contributed by atoms with Gasteiger partial charge in [0.2, 0.25) is 0 Å². The Morgan fingerprint density at radius 2 is 1.97 bits per heavy atom. The first-order chi connectivity index (χ1) is 16.2. The van der Waals surface area contributed by atoms with Crippen molar-refractivity contribution in [2.75, 3.05) is 25.7 Å². The lowest BCUT2D eigenvalue weighted by molar-refractivity contribution is 0.310. The Labute approximate surface area is 195 Å². The van der Waals surface area contributed by atoms with Crippen LogP contribution in [0.3, 0.4) is 0 Å². The van der Waals surface area contributed by atoms with Gasteiger partial charge >= 0.3 is 5.69 Å². The van der Waals surface area contributed by atoms with Crippen molar-refractivity contribution in [3.8, 4) is 22.8 Å². The number of halogens is 1. The second kappa shape index (κ2) is 9.26. The number of pyridine rings is 2. The second-order valence-corrected chi connectivity index (χ2v) is 9.87. The number of aromatic nitrogens is 4. The molecule has 0 aliphatic carbocycles. The van der Waals surface area contributed by atoms with Gasteiger partial charge in [-0.2, -0.15) is 0 Å². The van der Waals surface area contributed by atoms with Crippen LogP contribution in [-0.4, -0.2) is 53.7 Å². The van der Waals surface area contributed by atoms with Gasteiger partial charge in [-0.25, -0.2) is 22.6 Å². The summed E-state index contributed by atoms with van der Waals surface area (Å²) in [6.45, 7) is 2.19. The summed E-state index contributed by atoms with van der Waals surface area (Å²) in [7, 11) is -2.01. The number of H-pyrrole nitrogens is 1. The number of methoxy groups -OCH3 is 1. The third-order valence-electron chi connectivity index (χ3n) is 5.23. The molecule has 0 saturated heterocycles. The minimum atomic E-state index is -3.51. The summed E-state index contributed by atoms with van der Waals surface area (Å²) in [4.78, 5) is 24.1. The summed E-state index contributed by atoms with van der Waals surface area (Å²) in [6, 6.07) is 8.41. The van der Waals surface area contributed by atoms with Crippen LogP contribution in [0.5, 0.6) is 11.5 Å². The second-order valence-electron chi connectivity index (χ2n) is 7.68. The lowest BCUT2D eigenvalue weighted by atomic mass is 10.1. The van der Waals surface area contributed by atoms with Crippen LogP contribution in [0.25, 0.3) is 22.4 Å². The van der Waals surface area contributed by atoms with Crippen LogP contribution in [0.4, 0.5) is 4.39 Å². The maximum Gasteiger partial charge on any atom is 0.328 e. The van der Waals surface area contributed by atoms with Gasteiger partial charge in [0.05, 0.1) is 31.0 Å². The van der Waals surface area contributed by atoms with Gasteiger partial charge in [-0.15, -0.1) is 0 Å². The van der Waals surface area contributed by atoms with E-state index in [-0.39, 0.29) is 17.1 Å². The number of fused-ring (bicyclic) bond motifs is 1. The van der Waals surface area contributed by atoms with Gasteiger partial charge in [0.25, 0.3) is 0 Å². The Morgan fingerprint density at radius 3 is 2.65 bits per heavy atom. The molecule has 1 atom stereocenters. The van der Waals surface area contributed by atoms with Crippen molar-refractivity contribution in [1.29, 1.82) is 0 Å². The van der Waals surface area contributed by atoms with E-state index in [0.717, 1.165) is 6.26 Å². The van der Waals surface area contributed by atoms with Crippen LogP contribution in [-0.2, 0) is 9.84 Å². The molecule has 0 aliphatic rings. The van der Waals surface area contributed by atoms with E-state index in [1.54, 1.807) is 24.3 Å². The Balaban J connectivity index is 1.89. The Bertz CT molecular complexity index is 1510. The molecule has 0 saturated carbocycles. The van der Waals surface area contributed by atoms with Crippen LogP contribution >= 0.6 is 0 Å². The zero-order valence-corrected chi connectivity index (χ0v) is 19.6. The number of aromatic amines is 1. The highest BCUT2D eigenvalue weighted by molar-refractivity contribution is 7.90. The van der Waals surface area contributed by atoms with Gasteiger partial charge in [-0.1, -0.05) is 6.07 Å². The number of nitrogens with one attached hydrogen (secondary N) is 1. The van der Waals surface area contributed by atoms with Gasteiger partial charge in [0.1, 0.15) is 21.3 Å². The maximum absolute atomic E-state index is 14.2. The number of sulfone groups is 1. The quantitative estimate of drug-likeness (QED) is 0.407. The topological polar surface area (TPSA) is 116 Å². The van der Waals surface area contributed by atoms with Crippen LogP contribution in [0.15, 0.2) is 53.6 Å². The molecule has 9 nitrogen and oxygen atoms in total. The highest BCUT2D eigenvalue weighted by Crippen LogP contribution is 2.33. The third-order valence-corrected chi connectivity index (χ3v) is 6.15. The Hall–Kier alpha value is -3.73. The van der Waals surface area contributed by atoms with Crippen molar-refractivity contribution >= 4 is 21.0 Å². The Morgan fingerprint density at radius 1 is 1.18 bits per heavy atom. The Kier molecular flexibility index (Phi) is 6.38. The van der Waals surface area contributed by atoms with Crippen molar-refractivity contribution in [2.45, 2.75) is 13.0 Å². The fraction of sp³-hybridized carbons (Fsp3) is 0.261. The maximum atomic E-state index is 14.2. The molecule has 4 rings (SSSR count). The van der Waals surface area contributed by atoms with Crippen LogP contribution in [0.2, 0.25) is 0 Å². The SMILES string of the molecule is CCOc1cc([C@@H](CS(C)(=O)=O)n2c(=O)[nH]c3cc(-c4ncccc4F)cnc32)ccc1OC. The first-order valence-corrected chi connectivity index (χ1v) is 12.5. The number of nitrogens with zero attached hydrogens (tertiary/aromatic N) is 3. The van der Waals surface area contributed by atoms with E-state index in [0.29, 0.717) is 34.7 Å². The summed E-state index contributed by atoms with van der Waals surface area (Å²) < 4.78 is 51.1. The standard InChI is InChI=1S/C23H23FN4O5S/c1-4-33-20-11-14(7-8-19(20)32-2)18(13-34(3,30)31)28-22-17(27-23(28)29)10-15(12-26-22)21-16(24)6-5-9-25-21/h5-12,18H,4,13H2,1-3H3,(H,27,29)/t18-/m1/s1. The molecule has 0 aliphatic heterocycles. The molecule has 1 aromatic carbocycles. The van der Waals surface area contributed by atoms with E-state index in [1.807, 2.05) is 6.92 Å². The molecular formula is C23H23FN4O5S. The zero-order chi connectivity index (χ0) is 24.5. The average molecular weight is 487 g/mol. The van der Waals surface area contributed by atoms with Crippen molar-refractivity contribution in [3.05, 3.63) is 70.7 Å². The zero-order valence-electron chi connectivity index (χ0n) is 18.8. The fourth-order valence-corrected chi connectivity index (χ4v) is 4.72. The van der Waals surface area contributed by atoms with E-state index in [9.17, 15) is 17.6 Å². The molecule has 11 heteroatoms. The molecule has 0 amide bonds. The van der Waals surface area contributed by atoms with Gasteiger partial charge in [-0.3, -0.25) is 9.55 Å². The molecule has 0 spiro atoms. The summed E-state index contributed by atoms with van der Waals surface area (Å²) in [5, 5.41) is 0. The molecule has 0 unspecified atom stereocenters. The van der Waals surface area contributed by atoms with Crippen molar-refractivity contribution in [2.24, 2.45) is 0 Å². The number of benzene rings is 1. The molecule has 3 aromatic heterocycles. The fourth-order valence-electron chi connectivity index (χ4n) is 3.81. The minimum Gasteiger partial charge on any atom is -0.493 e. The van der Waals surface area contributed by atoms with Crippen LogP contribution in [0.1, 0.15) is 18.5 Å². The predicted molar refractivity (Wildman–Crippen MR) is 126 cm³/mol. The van der Waals surface area contributed by atoms with Gasteiger partial charge in [-0.05, 0) is 42.8 Å². The van der Waals surface area contributed by atoms with Gasteiger partial charge < -0.3 is 14.5 Å². The summed E-state index contributed by atoms with van der Waals surface area (Å²) in [6.07, 6.45) is 3.95. The number of hydrogen-bond acceptors (Lipinski definition) is 7. The average Bonchev–Trinajstić information content (AvgIpc) is 3.12. The van der Waals surface area contributed by atoms with E-state index < -0.39 is 27.4 Å². The number of hydrogen-bond donors (Lipinski definition) is 1. The van der Waals surface area contributed by atoms with Gasteiger partial charge in [0, 0.05) is 24.2 Å².